The molecule has 1 aromatic carbocycles. The zero-order valence-corrected chi connectivity index (χ0v) is 15.9. The van der Waals surface area contributed by atoms with Crippen LogP contribution < -0.4 is 10.6 Å². The van der Waals surface area contributed by atoms with Crippen LogP contribution in [-0.4, -0.2) is 34.8 Å². The molecule has 2 unspecified atom stereocenters. The minimum Gasteiger partial charge on any atom is -0.325 e. The predicted octanol–water partition coefficient (Wildman–Crippen LogP) is 3.07. The number of hydrogen-bond acceptors (Lipinski definition) is 3. The molecule has 1 aliphatic heterocycles. The molecule has 6 nitrogen and oxygen atoms in total. The SMILES string of the molecule is Cc1cccc(NC(=O)CN2C(=O)NC3(CC(C)CC(C)(C)C3)C2=O)c1. The minimum absolute atomic E-state index is 0.0273. The summed E-state index contributed by atoms with van der Waals surface area (Å²) in [4.78, 5) is 38.9. The molecule has 6 heteroatoms. The summed E-state index contributed by atoms with van der Waals surface area (Å²) in [6, 6.07) is 6.93. The van der Waals surface area contributed by atoms with Crippen molar-refractivity contribution in [2.24, 2.45) is 11.3 Å². The molecule has 2 atom stereocenters. The summed E-state index contributed by atoms with van der Waals surface area (Å²) >= 11 is 0. The number of urea groups is 1. The monoisotopic (exact) mass is 357 g/mol. The Labute approximate surface area is 154 Å². The Morgan fingerprint density at radius 1 is 1.31 bits per heavy atom. The Kier molecular flexibility index (Phi) is 4.54. The fraction of sp³-hybridized carbons (Fsp3) is 0.550. The van der Waals surface area contributed by atoms with Crippen molar-refractivity contribution in [3.05, 3.63) is 29.8 Å². The first kappa shape index (κ1) is 18.4. The van der Waals surface area contributed by atoms with Crippen molar-refractivity contribution >= 4 is 23.5 Å². The van der Waals surface area contributed by atoms with Crippen LogP contribution in [0.25, 0.3) is 0 Å². The maximum atomic E-state index is 13.0. The van der Waals surface area contributed by atoms with Gasteiger partial charge in [-0.1, -0.05) is 32.9 Å². The molecule has 1 aliphatic carbocycles. The van der Waals surface area contributed by atoms with Crippen molar-refractivity contribution in [1.29, 1.82) is 0 Å². The molecule has 1 heterocycles. The largest absolute Gasteiger partial charge is 0.325 e. The van der Waals surface area contributed by atoms with E-state index in [1.54, 1.807) is 6.07 Å². The van der Waals surface area contributed by atoms with Gasteiger partial charge in [0, 0.05) is 5.69 Å². The van der Waals surface area contributed by atoms with Gasteiger partial charge in [0.05, 0.1) is 0 Å². The Morgan fingerprint density at radius 2 is 2.04 bits per heavy atom. The minimum atomic E-state index is -0.873. The predicted molar refractivity (Wildman–Crippen MR) is 99.6 cm³/mol. The van der Waals surface area contributed by atoms with Crippen molar-refractivity contribution in [2.75, 3.05) is 11.9 Å². The van der Waals surface area contributed by atoms with Gasteiger partial charge < -0.3 is 10.6 Å². The molecule has 4 amide bonds. The van der Waals surface area contributed by atoms with Gasteiger partial charge in [-0.15, -0.1) is 0 Å². The first-order chi connectivity index (χ1) is 12.1. The zero-order valence-electron chi connectivity index (χ0n) is 15.9. The number of carbonyl (C=O) groups is 3. The van der Waals surface area contributed by atoms with Crippen LogP contribution in [-0.2, 0) is 9.59 Å². The topological polar surface area (TPSA) is 78.5 Å². The summed E-state index contributed by atoms with van der Waals surface area (Å²) < 4.78 is 0. The number of benzene rings is 1. The average Bonchev–Trinajstić information content (AvgIpc) is 2.68. The van der Waals surface area contributed by atoms with Gasteiger partial charge in [-0.05, 0) is 55.2 Å². The zero-order chi connectivity index (χ0) is 19.1. The van der Waals surface area contributed by atoms with E-state index in [-0.39, 0.29) is 23.8 Å². The van der Waals surface area contributed by atoms with Gasteiger partial charge in [0.2, 0.25) is 5.91 Å². The summed E-state index contributed by atoms with van der Waals surface area (Å²) in [5, 5.41) is 5.65. The number of nitrogens with zero attached hydrogens (tertiary/aromatic N) is 1. The number of aryl methyl sites for hydroxylation is 1. The third-order valence-electron chi connectivity index (χ3n) is 5.23. The highest BCUT2D eigenvalue weighted by atomic mass is 16.2. The van der Waals surface area contributed by atoms with Crippen LogP contribution >= 0.6 is 0 Å². The number of rotatable bonds is 3. The van der Waals surface area contributed by atoms with E-state index in [1.165, 1.54) is 0 Å². The molecule has 1 saturated carbocycles. The lowest BCUT2D eigenvalue weighted by Gasteiger charge is -2.43. The lowest BCUT2D eigenvalue weighted by molar-refractivity contribution is -0.136. The molecular weight excluding hydrogens is 330 g/mol. The van der Waals surface area contributed by atoms with Crippen molar-refractivity contribution in [1.82, 2.24) is 10.2 Å². The molecule has 1 spiro atoms. The molecule has 26 heavy (non-hydrogen) atoms. The summed E-state index contributed by atoms with van der Waals surface area (Å²) in [5.74, 6) is -0.315. The molecule has 3 rings (SSSR count). The van der Waals surface area contributed by atoms with Crippen molar-refractivity contribution < 1.29 is 14.4 Å². The van der Waals surface area contributed by atoms with Crippen molar-refractivity contribution in [3.8, 4) is 0 Å². The second-order valence-electron chi connectivity index (χ2n) is 8.68. The highest BCUT2D eigenvalue weighted by Gasteiger charge is 2.56. The highest BCUT2D eigenvalue weighted by Crippen LogP contribution is 2.46. The number of carbonyl (C=O) groups excluding carboxylic acids is 3. The van der Waals surface area contributed by atoms with E-state index in [0.717, 1.165) is 16.9 Å². The fourth-order valence-electron chi connectivity index (χ4n) is 4.72. The van der Waals surface area contributed by atoms with Crippen LogP contribution in [0.2, 0.25) is 0 Å². The Hall–Kier alpha value is -2.37. The second-order valence-corrected chi connectivity index (χ2v) is 8.68. The first-order valence-electron chi connectivity index (χ1n) is 9.11. The van der Waals surface area contributed by atoms with Crippen LogP contribution in [0.3, 0.4) is 0 Å². The molecule has 1 saturated heterocycles. The Morgan fingerprint density at radius 3 is 2.69 bits per heavy atom. The molecule has 2 N–H and O–H groups in total. The van der Waals surface area contributed by atoms with E-state index in [1.807, 2.05) is 25.1 Å². The molecule has 140 valence electrons. The van der Waals surface area contributed by atoms with Crippen molar-refractivity contribution in [2.45, 2.75) is 52.5 Å². The summed E-state index contributed by atoms with van der Waals surface area (Å²) in [5.41, 5.74) is 0.779. The van der Waals surface area contributed by atoms with E-state index in [2.05, 4.69) is 31.4 Å². The third kappa shape index (κ3) is 3.59. The van der Waals surface area contributed by atoms with Crippen LogP contribution in [0, 0.1) is 18.3 Å². The van der Waals surface area contributed by atoms with E-state index < -0.39 is 11.6 Å². The van der Waals surface area contributed by atoms with Crippen molar-refractivity contribution in [3.63, 3.8) is 0 Å². The number of nitrogens with one attached hydrogen (secondary N) is 2. The maximum Gasteiger partial charge on any atom is 0.325 e. The fourth-order valence-corrected chi connectivity index (χ4v) is 4.72. The van der Waals surface area contributed by atoms with Crippen LogP contribution in [0.5, 0.6) is 0 Å². The number of amides is 4. The first-order valence-corrected chi connectivity index (χ1v) is 9.11. The number of imide groups is 1. The lowest BCUT2D eigenvalue weighted by Crippen LogP contribution is -2.54. The molecule has 2 aliphatic rings. The molecule has 2 fully saturated rings. The average molecular weight is 357 g/mol. The van der Waals surface area contributed by atoms with Gasteiger partial charge in [0.15, 0.2) is 0 Å². The summed E-state index contributed by atoms with van der Waals surface area (Å²) in [6.07, 6.45) is 2.24. The lowest BCUT2D eigenvalue weighted by atomic mass is 9.64. The molecular formula is C20H27N3O3. The van der Waals surface area contributed by atoms with E-state index in [0.29, 0.717) is 24.4 Å². The van der Waals surface area contributed by atoms with Crippen LogP contribution in [0.4, 0.5) is 10.5 Å². The molecule has 0 aromatic heterocycles. The van der Waals surface area contributed by atoms with E-state index in [4.69, 9.17) is 0 Å². The summed E-state index contributed by atoms with van der Waals surface area (Å²) in [6.45, 7) is 8.01. The highest BCUT2D eigenvalue weighted by molar-refractivity contribution is 6.10. The normalized spacial score (nSPS) is 27.5. The standard InChI is InChI=1S/C20H27N3O3/c1-13-6-5-7-15(8-13)21-16(24)11-23-17(25)20(22-18(23)26)10-14(2)9-19(3,4)12-20/h5-8,14H,9-12H2,1-4H3,(H,21,24)(H,22,26). The smallest absolute Gasteiger partial charge is 0.325 e. The van der Waals surface area contributed by atoms with E-state index >= 15 is 0 Å². The second kappa shape index (κ2) is 6.41. The maximum absolute atomic E-state index is 13.0. The van der Waals surface area contributed by atoms with Gasteiger partial charge in [-0.25, -0.2) is 4.79 Å². The van der Waals surface area contributed by atoms with Gasteiger partial charge >= 0.3 is 6.03 Å². The number of hydrogen-bond donors (Lipinski definition) is 2. The van der Waals surface area contributed by atoms with Crippen LogP contribution in [0.15, 0.2) is 24.3 Å². The number of anilines is 1. The molecule has 0 bridgehead atoms. The van der Waals surface area contributed by atoms with E-state index in [9.17, 15) is 14.4 Å². The summed E-state index contributed by atoms with van der Waals surface area (Å²) in [7, 11) is 0. The molecule has 1 aromatic rings. The Balaban J connectivity index is 1.72. The van der Waals surface area contributed by atoms with Gasteiger partial charge in [-0.3, -0.25) is 14.5 Å². The Bertz CT molecular complexity index is 758. The van der Waals surface area contributed by atoms with Gasteiger partial charge in [-0.2, -0.15) is 0 Å². The van der Waals surface area contributed by atoms with Gasteiger partial charge in [0.1, 0.15) is 12.1 Å². The quantitative estimate of drug-likeness (QED) is 0.816. The van der Waals surface area contributed by atoms with Gasteiger partial charge in [0.25, 0.3) is 5.91 Å². The molecule has 0 radical (unpaired) electrons. The van der Waals surface area contributed by atoms with Crippen LogP contribution in [0.1, 0.15) is 45.6 Å². The third-order valence-corrected chi connectivity index (χ3v) is 5.23.